The first-order chi connectivity index (χ1) is 10.3. The van der Waals surface area contributed by atoms with Gasteiger partial charge in [0.15, 0.2) is 0 Å². The first-order valence-corrected chi connectivity index (χ1v) is 8.62. The Morgan fingerprint density at radius 1 is 0.857 bits per heavy atom. The highest BCUT2D eigenvalue weighted by atomic mass is 32.1. The van der Waals surface area contributed by atoms with Crippen LogP contribution in [0.2, 0.25) is 0 Å². The van der Waals surface area contributed by atoms with Gasteiger partial charge in [-0.05, 0) is 67.2 Å². The third-order valence-electron chi connectivity index (χ3n) is 6.11. The zero-order valence-electron chi connectivity index (χ0n) is 12.0. The van der Waals surface area contributed by atoms with Crippen LogP contribution in [0.3, 0.4) is 0 Å². The van der Waals surface area contributed by atoms with Gasteiger partial charge >= 0.3 is 0 Å². The van der Waals surface area contributed by atoms with Crippen LogP contribution >= 0.6 is 0 Å². The fraction of sp³-hybridized carbons (Fsp3) is 0.556. The van der Waals surface area contributed by atoms with Crippen LogP contribution in [0.5, 0.6) is 0 Å². The number of rotatable bonds is 1. The van der Waals surface area contributed by atoms with Gasteiger partial charge in [-0.3, -0.25) is 4.98 Å². The van der Waals surface area contributed by atoms with Gasteiger partial charge in [-0.1, -0.05) is 23.2 Å². The third kappa shape index (κ3) is 1.83. The average Bonchev–Trinajstić information content (AvgIpc) is 2.46. The summed E-state index contributed by atoms with van der Waals surface area (Å²) in [5, 5.41) is 1.77. The van der Waals surface area contributed by atoms with Crippen LogP contribution in [-0.2, 0) is 12.6 Å². The van der Waals surface area contributed by atoms with E-state index in [0.717, 1.165) is 45.4 Å². The van der Waals surface area contributed by atoms with Crippen LogP contribution in [0.15, 0.2) is 29.3 Å². The monoisotopic (exact) mass is 295 g/mol. The van der Waals surface area contributed by atoms with E-state index in [4.69, 9.17) is 22.6 Å². The molecule has 0 amide bonds. The van der Waals surface area contributed by atoms with Crippen molar-refractivity contribution in [1.82, 2.24) is 9.97 Å². The topological polar surface area (TPSA) is 25.8 Å². The molecule has 4 fully saturated rings. The Hall–Kier alpha value is -1.22. The molecule has 1 heterocycles. The predicted molar refractivity (Wildman–Crippen MR) is 85.0 cm³/mol. The van der Waals surface area contributed by atoms with Crippen LogP contribution < -0.4 is 0 Å². The van der Waals surface area contributed by atoms with Gasteiger partial charge in [0.2, 0.25) is 0 Å². The van der Waals surface area contributed by atoms with Gasteiger partial charge in [0, 0.05) is 5.92 Å². The van der Waals surface area contributed by atoms with Crippen LogP contribution in [-0.4, -0.2) is 9.97 Å². The van der Waals surface area contributed by atoms with E-state index in [9.17, 15) is 0 Å². The second-order valence-corrected chi connectivity index (χ2v) is 7.75. The third-order valence-corrected chi connectivity index (χ3v) is 6.42. The highest BCUT2D eigenvalue weighted by Gasteiger charge is 2.49. The summed E-state index contributed by atoms with van der Waals surface area (Å²) in [6.45, 7) is 0. The largest absolute Gasteiger partial charge is 0.759 e. The minimum Gasteiger partial charge on any atom is -0.759 e. The molecule has 4 bridgehead atoms. The van der Waals surface area contributed by atoms with Crippen LogP contribution in [0.4, 0.5) is 0 Å². The Balaban J connectivity index is 1.61. The van der Waals surface area contributed by atoms with E-state index in [1.54, 1.807) is 0 Å². The van der Waals surface area contributed by atoms with Crippen molar-refractivity contribution >= 4 is 23.5 Å². The summed E-state index contributed by atoms with van der Waals surface area (Å²) in [5.41, 5.74) is 1.03. The number of benzene rings is 1. The van der Waals surface area contributed by atoms with E-state index >= 15 is 0 Å². The van der Waals surface area contributed by atoms with E-state index in [-0.39, 0.29) is 0 Å². The molecule has 108 valence electrons. The lowest BCUT2D eigenvalue weighted by molar-refractivity contribution is -0.00571. The zero-order valence-corrected chi connectivity index (χ0v) is 12.9. The van der Waals surface area contributed by atoms with E-state index in [2.05, 4.69) is 6.07 Å². The molecule has 4 aliphatic rings. The van der Waals surface area contributed by atoms with Gasteiger partial charge in [-0.2, -0.15) is 0 Å². The summed E-state index contributed by atoms with van der Waals surface area (Å²) in [6, 6.07) is 8.18. The Morgan fingerprint density at radius 3 is 2.24 bits per heavy atom. The summed E-state index contributed by atoms with van der Waals surface area (Å²) in [7, 11) is 0. The second kappa shape index (κ2) is 4.39. The summed E-state index contributed by atoms with van der Waals surface area (Å²) in [5.74, 6) is 5.24. The van der Waals surface area contributed by atoms with Gasteiger partial charge in [-0.15, -0.1) is 0 Å². The van der Waals surface area contributed by atoms with Gasteiger partial charge in [-0.25, -0.2) is 4.98 Å². The molecule has 0 saturated heterocycles. The molecule has 2 nitrogen and oxygen atoms in total. The maximum absolute atomic E-state index is 5.52. The molecule has 6 rings (SSSR count). The van der Waals surface area contributed by atoms with Crippen molar-refractivity contribution in [2.45, 2.75) is 43.0 Å². The van der Waals surface area contributed by atoms with Crippen molar-refractivity contribution in [1.29, 1.82) is 0 Å². The SMILES string of the molecule is [S-]c1nc(C2C3CC4CC(C3)CC2C4)nc2ccccc12. The smallest absolute Gasteiger partial charge is 0.130 e. The van der Waals surface area contributed by atoms with Gasteiger partial charge in [0.1, 0.15) is 5.82 Å². The number of nitrogens with zero attached hydrogens (tertiary/aromatic N) is 2. The molecule has 21 heavy (non-hydrogen) atoms. The van der Waals surface area contributed by atoms with Crippen molar-refractivity contribution in [2.75, 3.05) is 0 Å². The maximum atomic E-state index is 5.52. The van der Waals surface area contributed by atoms with Crippen molar-refractivity contribution in [2.24, 2.45) is 23.7 Å². The normalized spacial score (nSPS) is 37.2. The minimum absolute atomic E-state index is 0.573. The Bertz CT molecular complexity index is 683. The van der Waals surface area contributed by atoms with E-state index in [1.165, 1.54) is 32.1 Å². The number of aromatic nitrogens is 2. The van der Waals surface area contributed by atoms with Crippen molar-refractivity contribution in [3.63, 3.8) is 0 Å². The Morgan fingerprint density at radius 2 is 1.52 bits per heavy atom. The first-order valence-electron chi connectivity index (χ1n) is 8.21. The number of para-hydroxylation sites is 1. The van der Waals surface area contributed by atoms with Crippen LogP contribution in [0.25, 0.3) is 10.9 Å². The number of hydrogen-bond donors (Lipinski definition) is 0. The summed E-state index contributed by atoms with van der Waals surface area (Å²) >= 11 is 5.52. The molecule has 0 spiro atoms. The second-order valence-electron chi connectivity index (χ2n) is 7.36. The summed E-state index contributed by atoms with van der Waals surface area (Å²) in [4.78, 5) is 9.66. The molecule has 1 aromatic heterocycles. The Kier molecular flexibility index (Phi) is 2.58. The summed E-state index contributed by atoms with van der Waals surface area (Å²) < 4.78 is 0. The highest BCUT2D eigenvalue weighted by Crippen LogP contribution is 2.59. The maximum Gasteiger partial charge on any atom is 0.130 e. The molecular formula is C18H19N2S-. The lowest BCUT2D eigenvalue weighted by Crippen LogP contribution is -2.44. The zero-order chi connectivity index (χ0) is 14.0. The first kappa shape index (κ1) is 12.3. The molecule has 0 N–H and O–H groups in total. The van der Waals surface area contributed by atoms with Crippen LogP contribution in [0.1, 0.15) is 43.8 Å². The van der Waals surface area contributed by atoms with Crippen LogP contribution in [0, 0.1) is 23.7 Å². The molecule has 0 aliphatic heterocycles. The lowest BCUT2D eigenvalue weighted by Gasteiger charge is -2.54. The molecule has 4 aliphatic carbocycles. The minimum atomic E-state index is 0.573. The molecule has 4 saturated carbocycles. The van der Waals surface area contributed by atoms with E-state index < -0.39 is 0 Å². The molecule has 3 heteroatoms. The van der Waals surface area contributed by atoms with E-state index in [0.29, 0.717) is 5.92 Å². The molecule has 1 aromatic carbocycles. The van der Waals surface area contributed by atoms with Crippen molar-refractivity contribution in [3.05, 3.63) is 30.1 Å². The standard InChI is InChI=1S/C18H20N2S/c21-18-14-3-1-2-4-15(14)19-17(20-18)16-12-6-10-5-11(8-12)9-13(16)7-10/h1-4,10-13,16H,5-9H2,(H,19,20,21)/p-1. The van der Waals surface area contributed by atoms with Crippen molar-refractivity contribution < 1.29 is 0 Å². The van der Waals surface area contributed by atoms with Crippen molar-refractivity contribution in [3.8, 4) is 0 Å². The van der Waals surface area contributed by atoms with Gasteiger partial charge in [0.05, 0.1) is 5.52 Å². The summed E-state index contributed by atoms with van der Waals surface area (Å²) in [6.07, 6.45) is 7.10. The molecule has 2 aromatic rings. The molecule has 0 atom stereocenters. The Labute approximate surface area is 130 Å². The van der Waals surface area contributed by atoms with Gasteiger partial charge < -0.3 is 12.6 Å². The fourth-order valence-electron chi connectivity index (χ4n) is 5.56. The van der Waals surface area contributed by atoms with E-state index in [1.807, 2.05) is 18.2 Å². The highest BCUT2D eigenvalue weighted by molar-refractivity contribution is 7.59. The average molecular weight is 295 g/mol. The quantitative estimate of drug-likeness (QED) is 0.586. The molecule has 0 unspecified atom stereocenters. The number of hydrogen-bond acceptors (Lipinski definition) is 3. The molecule has 0 radical (unpaired) electrons. The van der Waals surface area contributed by atoms with Gasteiger partial charge in [0.25, 0.3) is 0 Å². The lowest BCUT2D eigenvalue weighted by atomic mass is 9.51. The predicted octanol–water partition coefficient (Wildman–Crippen LogP) is 4.08. The number of fused-ring (bicyclic) bond motifs is 1. The molecular weight excluding hydrogens is 276 g/mol. The fourth-order valence-corrected chi connectivity index (χ4v) is 5.83.